The van der Waals surface area contributed by atoms with Crippen LogP contribution in [0, 0.1) is 0 Å². The van der Waals surface area contributed by atoms with Crippen LogP contribution in [-0.2, 0) is 9.59 Å². The van der Waals surface area contributed by atoms with Gasteiger partial charge in [-0.2, -0.15) is 0 Å². The number of carboxylic acid groups (broad SMARTS) is 5. The van der Waals surface area contributed by atoms with Crippen molar-refractivity contribution in [2.24, 2.45) is 0 Å². The molecule has 0 rings (SSSR count). The van der Waals surface area contributed by atoms with Crippen LogP contribution in [0.3, 0.4) is 0 Å². The number of hydrogen-bond donors (Lipinski definition) is 8. The van der Waals surface area contributed by atoms with Crippen LogP contribution in [0.5, 0.6) is 0 Å². The van der Waals surface area contributed by atoms with Gasteiger partial charge in [0.05, 0.1) is 0 Å². The van der Waals surface area contributed by atoms with Gasteiger partial charge in [-0.05, 0) is 0 Å². The summed E-state index contributed by atoms with van der Waals surface area (Å²) in [6.07, 6.45) is 0.444. The molecule has 0 aliphatic rings. The zero-order valence-corrected chi connectivity index (χ0v) is 14.2. The zero-order valence-electron chi connectivity index (χ0n) is 11.5. The first-order valence-corrected chi connectivity index (χ1v) is 6.27. The number of thiol groups is 3. The Morgan fingerprint density at radius 2 is 0.652 bits per heavy atom. The van der Waals surface area contributed by atoms with Crippen LogP contribution in [-0.4, -0.2) is 82.9 Å². The van der Waals surface area contributed by atoms with Gasteiger partial charge in [-0.1, -0.05) is 51.7 Å². The third-order valence-corrected chi connectivity index (χ3v) is 0.605. The fraction of sp³-hybridized carbons (Fsp3) is 0.444. The summed E-state index contributed by atoms with van der Waals surface area (Å²) in [6, 6.07) is 0. The summed E-state index contributed by atoms with van der Waals surface area (Å²) in [5.74, 6) is -1.49. The quantitative estimate of drug-likeness (QED) is 0.249. The van der Waals surface area contributed by atoms with E-state index in [1.165, 1.54) is 0 Å². The van der Waals surface area contributed by atoms with E-state index in [0.717, 1.165) is 0 Å². The van der Waals surface area contributed by atoms with Crippen LogP contribution < -0.4 is 0 Å². The maximum atomic E-state index is 9.37. The second-order valence-electron chi connectivity index (χ2n) is 2.34. The Bertz CT molecular complexity index is 283. The molecule has 23 heavy (non-hydrogen) atoms. The van der Waals surface area contributed by atoms with E-state index in [2.05, 4.69) is 37.9 Å². The van der Waals surface area contributed by atoms with Gasteiger partial charge in [0.2, 0.25) is 0 Å². The Hall–Kier alpha value is -0.600. The van der Waals surface area contributed by atoms with Crippen molar-refractivity contribution in [1.29, 1.82) is 0 Å². The van der Waals surface area contributed by atoms with Crippen molar-refractivity contribution in [1.82, 2.24) is 0 Å². The van der Waals surface area contributed by atoms with Gasteiger partial charge >= 0.3 is 57.4 Å². The summed E-state index contributed by atoms with van der Waals surface area (Å²) in [5, 5.41) is 33.9. The molecule has 0 unspecified atom stereocenters. The van der Waals surface area contributed by atoms with E-state index in [-0.39, 0.29) is 42.4 Å². The van der Waals surface area contributed by atoms with Crippen LogP contribution in [0.2, 0.25) is 0 Å². The zero-order chi connectivity index (χ0) is 19.3. The van der Waals surface area contributed by atoms with Crippen molar-refractivity contribution in [3.8, 4) is 0 Å². The Balaban J connectivity index is -0.0000000390. The molecule has 0 aliphatic heterocycles. The molecular formula is C9H19NaO10S3. The van der Waals surface area contributed by atoms with Crippen LogP contribution in [0.15, 0.2) is 0 Å². The van der Waals surface area contributed by atoms with E-state index in [1.807, 2.05) is 0 Å². The van der Waals surface area contributed by atoms with Gasteiger partial charge in [0.25, 0.3) is 0 Å². The van der Waals surface area contributed by atoms with Gasteiger partial charge in [-0.15, -0.1) is 0 Å². The average Bonchev–Trinajstić information content (AvgIpc) is 2.27. The van der Waals surface area contributed by atoms with Crippen LogP contribution in [0.25, 0.3) is 0 Å². The number of rotatable bonds is 2. The molecule has 0 spiro atoms. The number of hydrogen-bond acceptors (Lipinski definition) is 5. The fourth-order valence-electron chi connectivity index (χ4n) is 0. The fourth-order valence-corrected chi connectivity index (χ4v) is 0. The Morgan fingerprint density at radius 1 is 0.609 bits per heavy atom. The molecule has 0 aromatic rings. The van der Waals surface area contributed by atoms with Gasteiger partial charge in [-0.3, -0.25) is 9.59 Å². The van der Waals surface area contributed by atoms with E-state index in [4.69, 9.17) is 39.9 Å². The Morgan fingerprint density at radius 3 is 0.652 bits per heavy atom. The number of aliphatic carboxylic acids is 2. The summed E-state index contributed by atoms with van der Waals surface area (Å²) < 4.78 is 0. The molecule has 0 radical (unpaired) electrons. The topological polar surface area (TPSA) is 186 Å². The summed E-state index contributed by atoms with van der Waals surface area (Å²) in [5.41, 5.74) is 0. The molecule has 0 heterocycles. The third-order valence-electron chi connectivity index (χ3n) is 0.605. The first-order valence-electron chi connectivity index (χ1n) is 4.93. The minimum absolute atomic E-state index is 0. The molecule has 0 saturated heterocycles. The molecule has 5 N–H and O–H groups in total. The van der Waals surface area contributed by atoms with Crippen LogP contribution in [0.4, 0.5) is 14.4 Å². The van der Waals surface area contributed by atoms with Crippen molar-refractivity contribution in [2.75, 3.05) is 0 Å². The molecule has 0 aromatic carbocycles. The van der Waals surface area contributed by atoms with Gasteiger partial charge in [0.1, 0.15) is 0 Å². The average molecular weight is 406 g/mol. The third kappa shape index (κ3) is 697. The Kier molecular flexibility index (Phi) is 54.9. The molecule has 0 aromatic heterocycles. The van der Waals surface area contributed by atoms with E-state index < -0.39 is 27.8 Å². The van der Waals surface area contributed by atoms with E-state index in [0.29, 0.717) is 0 Å². The molecule has 0 fully saturated rings. The predicted octanol–water partition coefficient (Wildman–Crippen LogP) is 2.10. The molecule has 0 atom stereocenters. The standard InChI is InChI=1S/2C3H6O2.3CH2O2S.Na.H/c2*1-2-3(4)5;3*2-1(3)4;;/h2*2H2,1H3,(H,4,5);3*4H,(H,2,3);;. The maximum absolute atomic E-state index is 9.37. The molecule has 10 nitrogen and oxygen atoms in total. The molecule has 0 bridgehead atoms. The summed E-state index contributed by atoms with van der Waals surface area (Å²) in [4.78, 5) is 45.3. The van der Waals surface area contributed by atoms with Crippen LogP contribution >= 0.6 is 37.9 Å². The van der Waals surface area contributed by atoms with Crippen molar-refractivity contribution in [3.63, 3.8) is 0 Å². The number of carboxylic acids is 2. The molecule has 0 amide bonds. The molecule has 0 aliphatic carbocycles. The van der Waals surface area contributed by atoms with Crippen molar-refractivity contribution < 1.29 is 49.5 Å². The van der Waals surface area contributed by atoms with Gasteiger partial charge in [0.15, 0.2) is 0 Å². The number of carbonyl (C=O) groups is 5. The van der Waals surface area contributed by atoms with Gasteiger partial charge < -0.3 is 25.5 Å². The first-order chi connectivity index (χ1) is 9.74. The summed E-state index contributed by atoms with van der Waals surface area (Å²) in [7, 11) is 0. The minimum atomic E-state index is -1.14. The van der Waals surface area contributed by atoms with E-state index in [9.17, 15) is 9.59 Å². The summed E-state index contributed by atoms with van der Waals surface area (Å²) in [6.45, 7) is 3.20. The normalized spacial score (nSPS) is 6.48. The first kappa shape index (κ1) is 38.1. The SMILES string of the molecule is CCC(=O)O.CCC(=O)O.O=C(O)S.O=C(O)S.O=C(O)S.[NaH]. The van der Waals surface area contributed by atoms with Crippen molar-refractivity contribution in [3.05, 3.63) is 0 Å². The molecule has 14 heteroatoms. The van der Waals surface area contributed by atoms with E-state index in [1.54, 1.807) is 13.8 Å². The predicted molar refractivity (Wildman–Crippen MR) is 94.0 cm³/mol. The van der Waals surface area contributed by atoms with E-state index >= 15 is 0 Å². The molecule has 0 saturated carbocycles. The van der Waals surface area contributed by atoms with Crippen LogP contribution in [0.1, 0.15) is 26.7 Å². The van der Waals surface area contributed by atoms with Crippen molar-refractivity contribution >= 4 is 95.3 Å². The van der Waals surface area contributed by atoms with Crippen molar-refractivity contribution in [2.45, 2.75) is 26.7 Å². The molecular weight excluding hydrogens is 387 g/mol. The summed E-state index contributed by atoms with van der Waals surface area (Å²) >= 11 is 8.65. The monoisotopic (exact) mass is 406 g/mol. The van der Waals surface area contributed by atoms with Gasteiger partial charge in [-0.25, -0.2) is 14.4 Å². The second-order valence-corrected chi connectivity index (χ2v) is 3.49. The second kappa shape index (κ2) is 33.1. The Labute approximate surface area is 170 Å². The van der Waals surface area contributed by atoms with Gasteiger partial charge in [0, 0.05) is 12.8 Å². The molecule has 134 valence electrons.